The number of alkyl halides is 3. The predicted molar refractivity (Wildman–Crippen MR) is 178 cm³/mol. The van der Waals surface area contributed by atoms with Crippen LogP contribution >= 0.6 is 11.6 Å². The van der Waals surface area contributed by atoms with Crippen LogP contribution < -0.4 is 15.6 Å². The standard InChI is InChI=1S/C34H40ClF3N6O2/c1-4-43(5-2)18-17-42(3)23-25-9-8-10-26(19-25)32(45)40-31-14-12-27(44-15-6-7-16-44)21-28(31)33(46)41-39-22-24-11-13-30(35)29(20-24)34(36,37)38/h8-14,19-22H,4-7,15-18,23H2,1-3H3,(H,40,45)(H,41,46). The average Bonchev–Trinajstić information content (AvgIpc) is 3.57. The zero-order chi connectivity index (χ0) is 33.3. The normalized spacial score (nSPS) is 13.6. The summed E-state index contributed by atoms with van der Waals surface area (Å²) in [4.78, 5) is 33.5. The Hall–Kier alpha value is -3.93. The molecule has 1 aliphatic heterocycles. The molecule has 0 aliphatic carbocycles. The maximum atomic E-state index is 13.4. The first-order valence-corrected chi connectivity index (χ1v) is 15.8. The molecule has 3 aromatic rings. The molecule has 1 saturated heterocycles. The number of rotatable bonds is 13. The summed E-state index contributed by atoms with van der Waals surface area (Å²) < 4.78 is 39.8. The lowest BCUT2D eigenvalue weighted by Gasteiger charge is -2.23. The molecule has 4 rings (SSSR count). The monoisotopic (exact) mass is 656 g/mol. The van der Waals surface area contributed by atoms with Crippen molar-refractivity contribution >= 4 is 41.0 Å². The third-order valence-electron chi connectivity index (χ3n) is 7.98. The van der Waals surface area contributed by atoms with E-state index in [1.54, 1.807) is 18.2 Å². The fourth-order valence-corrected chi connectivity index (χ4v) is 5.54. The molecule has 0 aromatic heterocycles. The molecule has 0 radical (unpaired) electrons. The van der Waals surface area contributed by atoms with Gasteiger partial charge in [0.25, 0.3) is 11.8 Å². The molecule has 1 fully saturated rings. The third kappa shape index (κ3) is 9.54. The second-order valence-corrected chi connectivity index (χ2v) is 11.7. The largest absolute Gasteiger partial charge is 0.417 e. The lowest BCUT2D eigenvalue weighted by molar-refractivity contribution is -0.137. The third-order valence-corrected chi connectivity index (χ3v) is 8.31. The van der Waals surface area contributed by atoms with Crippen molar-refractivity contribution in [2.24, 2.45) is 5.10 Å². The van der Waals surface area contributed by atoms with Gasteiger partial charge in [0.1, 0.15) is 0 Å². The van der Waals surface area contributed by atoms with Crippen LogP contribution in [-0.2, 0) is 12.7 Å². The van der Waals surface area contributed by atoms with E-state index in [-0.39, 0.29) is 22.7 Å². The minimum atomic E-state index is -4.63. The number of anilines is 2. The van der Waals surface area contributed by atoms with Crippen LogP contribution in [-0.4, -0.2) is 74.1 Å². The number of halogens is 4. The Morgan fingerprint density at radius 3 is 2.41 bits per heavy atom. The van der Waals surface area contributed by atoms with Crippen molar-refractivity contribution in [3.05, 3.63) is 93.5 Å². The maximum absolute atomic E-state index is 13.4. The van der Waals surface area contributed by atoms with Crippen LogP contribution in [0.2, 0.25) is 5.02 Å². The van der Waals surface area contributed by atoms with Crippen molar-refractivity contribution in [1.29, 1.82) is 0 Å². The average molecular weight is 657 g/mol. The molecular weight excluding hydrogens is 617 g/mol. The van der Waals surface area contributed by atoms with E-state index in [4.69, 9.17) is 11.6 Å². The maximum Gasteiger partial charge on any atom is 0.417 e. The van der Waals surface area contributed by atoms with Gasteiger partial charge >= 0.3 is 6.18 Å². The number of hydrogen-bond acceptors (Lipinski definition) is 6. The molecule has 3 aromatic carbocycles. The predicted octanol–water partition coefficient (Wildman–Crippen LogP) is 6.75. The van der Waals surface area contributed by atoms with Gasteiger partial charge in [0, 0.05) is 44.0 Å². The van der Waals surface area contributed by atoms with Gasteiger partial charge in [-0.3, -0.25) is 9.59 Å². The fraction of sp³-hybridized carbons (Fsp3) is 0.382. The van der Waals surface area contributed by atoms with Crippen molar-refractivity contribution in [1.82, 2.24) is 15.2 Å². The molecule has 1 aliphatic rings. The molecule has 0 unspecified atom stereocenters. The summed E-state index contributed by atoms with van der Waals surface area (Å²) in [6.07, 6.45) is -1.46. The minimum Gasteiger partial charge on any atom is -0.372 e. The van der Waals surface area contributed by atoms with Crippen LogP contribution in [0.4, 0.5) is 24.5 Å². The molecule has 12 heteroatoms. The van der Waals surface area contributed by atoms with Crippen LogP contribution in [0.5, 0.6) is 0 Å². The topological polar surface area (TPSA) is 80.3 Å². The number of benzene rings is 3. The number of carbonyl (C=O) groups is 2. The van der Waals surface area contributed by atoms with Gasteiger partial charge in [-0.25, -0.2) is 5.43 Å². The number of amides is 2. The van der Waals surface area contributed by atoms with Gasteiger partial charge < -0.3 is 20.0 Å². The molecule has 246 valence electrons. The lowest BCUT2D eigenvalue weighted by atomic mass is 10.1. The highest BCUT2D eigenvalue weighted by Crippen LogP contribution is 2.35. The van der Waals surface area contributed by atoms with Gasteiger partial charge in [-0.05, 0) is 86.6 Å². The molecule has 46 heavy (non-hydrogen) atoms. The Kier molecular flexibility index (Phi) is 12.2. The molecule has 1 heterocycles. The molecular formula is C34H40ClF3N6O2. The Balaban J connectivity index is 1.50. The molecule has 0 saturated carbocycles. The minimum absolute atomic E-state index is 0.106. The summed E-state index contributed by atoms with van der Waals surface area (Å²) in [6.45, 7) is 10.5. The highest BCUT2D eigenvalue weighted by molar-refractivity contribution is 6.31. The summed E-state index contributed by atoms with van der Waals surface area (Å²) in [5.74, 6) is -0.999. The van der Waals surface area contributed by atoms with E-state index >= 15 is 0 Å². The Morgan fingerprint density at radius 1 is 0.978 bits per heavy atom. The zero-order valence-corrected chi connectivity index (χ0v) is 27.1. The smallest absolute Gasteiger partial charge is 0.372 e. The first-order chi connectivity index (χ1) is 22.0. The summed E-state index contributed by atoms with van der Waals surface area (Å²) in [5, 5.41) is 6.32. The summed E-state index contributed by atoms with van der Waals surface area (Å²) >= 11 is 5.70. The quantitative estimate of drug-likeness (QED) is 0.157. The SMILES string of the molecule is CCN(CC)CCN(C)Cc1cccc(C(=O)Nc2ccc(N3CCCC3)cc2C(=O)NN=Cc2ccc(Cl)c(C(F)(F)F)c2)c1. The number of hydrogen-bond donors (Lipinski definition) is 2. The van der Waals surface area contributed by atoms with Gasteiger partial charge in [0.2, 0.25) is 0 Å². The molecule has 0 spiro atoms. The zero-order valence-electron chi connectivity index (χ0n) is 26.3. The summed E-state index contributed by atoms with van der Waals surface area (Å²) in [5.41, 5.74) is 4.22. The number of nitrogens with one attached hydrogen (secondary N) is 2. The van der Waals surface area contributed by atoms with Crippen LogP contribution in [0.1, 0.15) is 64.1 Å². The lowest BCUT2D eigenvalue weighted by Crippen LogP contribution is -2.32. The van der Waals surface area contributed by atoms with Gasteiger partial charge in [-0.15, -0.1) is 0 Å². The van der Waals surface area contributed by atoms with Crippen LogP contribution in [0.25, 0.3) is 0 Å². The van der Waals surface area contributed by atoms with Crippen LogP contribution in [0.15, 0.2) is 65.8 Å². The highest BCUT2D eigenvalue weighted by atomic mass is 35.5. The van der Waals surface area contributed by atoms with E-state index in [1.165, 1.54) is 6.07 Å². The van der Waals surface area contributed by atoms with E-state index in [9.17, 15) is 22.8 Å². The van der Waals surface area contributed by atoms with Gasteiger partial charge in [0.15, 0.2) is 0 Å². The van der Waals surface area contributed by atoms with Crippen LogP contribution in [0.3, 0.4) is 0 Å². The Bertz CT molecular complexity index is 1540. The van der Waals surface area contributed by atoms with Crippen LogP contribution in [0, 0.1) is 0 Å². The first-order valence-electron chi connectivity index (χ1n) is 15.4. The van der Waals surface area contributed by atoms with Gasteiger partial charge in [-0.2, -0.15) is 18.3 Å². The number of likely N-dealkylation sites (N-methyl/N-ethyl adjacent to an activating group) is 2. The number of nitrogens with zero attached hydrogens (tertiary/aromatic N) is 4. The summed E-state index contributed by atoms with van der Waals surface area (Å²) in [7, 11) is 2.05. The van der Waals surface area contributed by atoms with Gasteiger partial charge in [0.05, 0.1) is 28.1 Å². The van der Waals surface area contributed by atoms with Crippen molar-refractivity contribution in [3.8, 4) is 0 Å². The second-order valence-electron chi connectivity index (χ2n) is 11.3. The Labute approximate surface area is 273 Å². The van der Waals surface area contributed by atoms with Crippen molar-refractivity contribution in [3.63, 3.8) is 0 Å². The van der Waals surface area contributed by atoms with E-state index in [1.807, 2.05) is 31.3 Å². The van der Waals surface area contributed by atoms with Crippen molar-refractivity contribution in [2.75, 3.05) is 56.5 Å². The molecule has 2 N–H and O–H groups in total. The highest BCUT2D eigenvalue weighted by Gasteiger charge is 2.33. The number of hydrazone groups is 1. The van der Waals surface area contributed by atoms with Crippen molar-refractivity contribution in [2.45, 2.75) is 39.4 Å². The van der Waals surface area contributed by atoms with E-state index in [0.717, 1.165) is 81.7 Å². The molecule has 2 amide bonds. The number of carbonyl (C=O) groups excluding carboxylic acids is 2. The van der Waals surface area contributed by atoms with Gasteiger partial charge in [-0.1, -0.05) is 43.6 Å². The molecule has 0 bridgehead atoms. The van der Waals surface area contributed by atoms with Crippen molar-refractivity contribution < 1.29 is 22.8 Å². The Morgan fingerprint density at radius 2 is 1.72 bits per heavy atom. The molecule has 8 nitrogen and oxygen atoms in total. The van der Waals surface area contributed by atoms with E-state index in [2.05, 4.69) is 44.4 Å². The first kappa shape index (κ1) is 34.9. The second kappa shape index (κ2) is 16.1. The summed E-state index contributed by atoms with van der Waals surface area (Å²) in [6, 6.07) is 16.0. The fourth-order valence-electron chi connectivity index (χ4n) is 5.32. The molecule has 0 atom stereocenters. The van der Waals surface area contributed by atoms with E-state index < -0.39 is 22.7 Å². The van der Waals surface area contributed by atoms with E-state index in [0.29, 0.717) is 12.1 Å².